The molecule has 9 heteroatoms. The van der Waals surface area contributed by atoms with Gasteiger partial charge in [0.1, 0.15) is 0 Å². The third kappa shape index (κ3) is 4.58. The van der Waals surface area contributed by atoms with Gasteiger partial charge in [-0.25, -0.2) is 0 Å². The van der Waals surface area contributed by atoms with E-state index in [1.165, 1.54) is 0 Å². The predicted molar refractivity (Wildman–Crippen MR) is 146 cm³/mol. The van der Waals surface area contributed by atoms with E-state index in [0.29, 0.717) is 23.4 Å². The van der Waals surface area contributed by atoms with Crippen LogP contribution in [0.4, 0.5) is 0 Å². The molecule has 0 fully saturated rings. The molecule has 0 spiro atoms. The highest BCUT2D eigenvalue weighted by Crippen LogP contribution is 2.41. The zero-order chi connectivity index (χ0) is 26.0. The largest absolute Gasteiger partial charge is 0.492 e. The number of amides is 2. The van der Waals surface area contributed by atoms with E-state index in [9.17, 15) is 9.59 Å². The van der Waals surface area contributed by atoms with E-state index in [2.05, 4.69) is 26.7 Å². The van der Waals surface area contributed by atoms with Crippen LogP contribution in [-0.4, -0.2) is 75.1 Å². The lowest BCUT2D eigenvalue weighted by atomic mass is 10.0. The minimum Gasteiger partial charge on any atom is -0.492 e. The van der Waals surface area contributed by atoms with Gasteiger partial charge < -0.3 is 36.0 Å². The van der Waals surface area contributed by atoms with E-state index in [0.717, 1.165) is 50.2 Å². The van der Waals surface area contributed by atoms with E-state index >= 15 is 0 Å². The molecule has 5 aromatic rings. The van der Waals surface area contributed by atoms with Crippen molar-refractivity contribution in [2.75, 3.05) is 48.4 Å². The first kappa shape index (κ1) is 25.0. The third-order valence-electron chi connectivity index (χ3n) is 6.02. The molecule has 188 valence electrons. The predicted octanol–water partition coefficient (Wildman–Crippen LogP) is 3.19. The molecule has 0 aliphatic rings. The van der Waals surface area contributed by atoms with Crippen LogP contribution in [0.1, 0.15) is 20.7 Å². The van der Waals surface area contributed by atoms with E-state index in [4.69, 9.17) is 10.5 Å². The number of primary amides is 1. The van der Waals surface area contributed by atoms with E-state index in [1.54, 1.807) is 19.2 Å². The first-order valence-corrected chi connectivity index (χ1v) is 11.7. The average Bonchev–Trinajstić information content (AvgIpc) is 3.39. The van der Waals surface area contributed by atoms with Crippen LogP contribution in [0.2, 0.25) is 0 Å². The monoisotopic (exact) mass is 488 g/mol. The van der Waals surface area contributed by atoms with Crippen LogP contribution in [0, 0.1) is 0 Å². The molecule has 0 saturated heterocycles. The molecule has 0 atom stereocenters. The number of ether oxygens (including phenoxy) is 1. The van der Waals surface area contributed by atoms with Crippen LogP contribution in [0.3, 0.4) is 0 Å². The van der Waals surface area contributed by atoms with Gasteiger partial charge in [0.2, 0.25) is 5.91 Å². The van der Waals surface area contributed by atoms with Crippen molar-refractivity contribution >= 4 is 55.4 Å². The topological polar surface area (TPSA) is 128 Å². The number of rotatable bonds is 6. The second kappa shape index (κ2) is 10.3. The van der Waals surface area contributed by atoms with Crippen molar-refractivity contribution < 1.29 is 14.3 Å². The molecule has 0 unspecified atom stereocenters. The number of benzene rings is 3. The standard InChI is InChI=1S/C25H25N5O3.C2H7N/c1-30(2)9-8-27-25(32)14-5-7-20-16(11-14)18-12-17-15-10-13(24(26)31)4-6-19(15)28-21(17)23(33-3)22(18)29-20;1-3-2/h4-7,10-12,28-29H,8-9H2,1-3H3,(H2,26,31)(H,27,32);3H,1-2H3. The Labute approximate surface area is 209 Å². The Morgan fingerprint density at radius 3 is 1.92 bits per heavy atom. The minimum atomic E-state index is -0.476. The summed E-state index contributed by atoms with van der Waals surface area (Å²) >= 11 is 0. The highest BCUT2D eigenvalue weighted by molar-refractivity contribution is 6.21. The Bertz CT molecular complexity index is 1580. The molecule has 2 aromatic heterocycles. The molecule has 36 heavy (non-hydrogen) atoms. The van der Waals surface area contributed by atoms with Gasteiger partial charge >= 0.3 is 0 Å². The van der Waals surface area contributed by atoms with Gasteiger partial charge in [-0.05, 0) is 70.7 Å². The van der Waals surface area contributed by atoms with Gasteiger partial charge in [0.05, 0.1) is 18.1 Å². The number of fused-ring (bicyclic) bond motifs is 6. The summed E-state index contributed by atoms with van der Waals surface area (Å²) in [5, 5.41) is 9.36. The zero-order valence-electron chi connectivity index (χ0n) is 21.2. The molecule has 0 radical (unpaired) electrons. The highest BCUT2D eigenvalue weighted by atomic mass is 16.5. The first-order valence-electron chi connectivity index (χ1n) is 11.7. The lowest BCUT2D eigenvalue weighted by Gasteiger charge is -2.10. The van der Waals surface area contributed by atoms with Crippen molar-refractivity contribution in [3.8, 4) is 5.75 Å². The number of H-pyrrole nitrogens is 2. The highest BCUT2D eigenvalue weighted by Gasteiger charge is 2.18. The smallest absolute Gasteiger partial charge is 0.251 e. The third-order valence-corrected chi connectivity index (χ3v) is 6.02. The molecule has 0 aliphatic heterocycles. The van der Waals surface area contributed by atoms with E-state index in [-0.39, 0.29) is 5.91 Å². The van der Waals surface area contributed by atoms with Crippen molar-refractivity contribution in [1.82, 2.24) is 25.5 Å². The number of carbonyl (C=O) groups is 2. The Balaban J connectivity index is 0.000000967. The second-order valence-corrected chi connectivity index (χ2v) is 8.95. The van der Waals surface area contributed by atoms with Crippen LogP contribution in [0.15, 0.2) is 42.5 Å². The van der Waals surface area contributed by atoms with Crippen LogP contribution in [0.25, 0.3) is 43.6 Å². The van der Waals surface area contributed by atoms with Crippen LogP contribution in [0.5, 0.6) is 5.75 Å². The Morgan fingerprint density at radius 2 is 1.42 bits per heavy atom. The molecular formula is C27H32N6O3. The first-order chi connectivity index (χ1) is 17.3. The quantitative estimate of drug-likeness (QED) is 0.251. The maximum absolute atomic E-state index is 12.7. The fraction of sp³-hybridized carbons (Fsp3) is 0.259. The van der Waals surface area contributed by atoms with Crippen molar-refractivity contribution in [3.05, 3.63) is 53.6 Å². The summed E-state index contributed by atoms with van der Waals surface area (Å²) in [6.07, 6.45) is 0. The summed E-state index contributed by atoms with van der Waals surface area (Å²) in [5.41, 5.74) is 9.99. The van der Waals surface area contributed by atoms with Gasteiger partial charge in [-0.2, -0.15) is 0 Å². The molecule has 6 N–H and O–H groups in total. The molecule has 9 nitrogen and oxygen atoms in total. The lowest BCUT2D eigenvalue weighted by molar-refractivity contribution is 0.0950. The molecule has 3 aromatic carbocycles. The molecule has 0 aliphatic carbocycles. The summed E-state index contributed by atoms with van der Waals surface area (Å²) in [7, 11) is 9.31. The summed E-state index contributed by atoms with van der Waals surface area (Å²) in [6, 6.07) is 13.0. The van der Waals surface area contributed by atoms with Crippen molar-refractivity contribution in [3.63, 3.8) is 0 Å². The summed E-state index contributed by atoms with van der Waals surface area (Å²) < 4.78 is 5.79. The number of likely N-dealkylation sites (N-methyl/N-ethyl adjacent to an activating group) is 1. The maximum atomic E-state index is 12.7. The molecule has 0 saturated carbocycles. The SMILES string of the molecule is CNC.COc1c2[nH]c3ccc(C(N)=O)cc3c2cc2c1[nH]c1ccc(C(=O)NCCN(C)C)cc12. The fourth-order valence-electron chi connectivity index (χ4n) is 4.35. The molecular weight excluding hydrogens is 456 g/mol. The number of carbonyl (C=O) groups excluding carboxylic acids is 2. The number of methoxy groups -OCH3 is 1. The summed E-state index contributed by atoms with van der Waals surface area (Å²) in [6.45, 7) is 1.34. The van der Waals surface area contributed by atoms with Crippen molar-refractivity contribution in [2.45, 2.75) is 0 Å². The molecule has 5 rings (SSSR count). The number of hydrogen-bond donors (Lipinski definition) is 5. The van der Waals surface area contributed by atoms with Gasteiger partial charge in [-0.3, -0.25) is 9.59 Å². The van der Waals surface area contributed by atoms with E-state index < -0.39 is 5.91 Å². The van der Waals surface area contributed by atoms with E-state index in [1.807, 2.05) is 57.4 Å². The number of nitrogens with zero attached hydrogens (tertiary/aromatic N) is 1. The van der Waals surface area contributed by atoms with Crippen molar-refractivity contribution in [2.24, 2.45) is 5.73 Å². The molecule has 2 amide bonds. The Hall–Kier alpha value is -4.08. The van der Waals surface area contributed by atoms with Gasteiger partial charge in [0.25, 0.3) is 5.91 Å². The lowest BCUT2D eigenvalue weighted by Crippen LogP contribution is -2.31. The Kier molecular flexibility index (Phi) is 7.14. The van der Waals surface area contributed by atoms with Gasteiger partial charge in [-0.1, -0.05) is 0 Å². The Morgan fingerprint density at radius 1 is 0.889 bits per heavy atom. The minimum absolute atomic E-state index is 0.112. The number of nitrogens with one attached hydrogen (secondary N) is 4. The average molecular weight is 489 g/mol. The van der Waals surface area contributed by atoms with Crippen LogP contribution < -0.4 is 21.1 Å². The number of aromatic amines is 2. The molecule has 2 heterocycles. The normalized spacial score (nSPS) is 11.3. The number of aromatic nitrogens is 2. The maximum Gasteiger partial charge on any atom is 0.251 e. The number of nitrogens with two attached hydrogens (primary N) is 1. The summed E-state index contributed by atoms with van der Waals surface area (Å²) in [5.74, 6) is 0.0863. The zero-order valence-corrected chi connectivity index (χ0v) is 21.2. The van der Waals surface area contributed by atoms with Gasteiger partial charge in [0.15, 0.2) is 5.75 Å². The second-order valence-electron chi connectivity index (χ2n) is 8.95. The fourth-order valence-corrected chi connectivity index (χ4v) is 4.35. The van der Waals surface area contributed by atoms with Crippen LogP contribution in [-0.2, 0) is 0 Å². The van der Waals surface area contributed by atoms with Crippen molar-refractivity contribution in [1.29, 1.82) is 0 Å². The molecule has 0 bridgehead atoms. The van der Waals surface area contributed by atoms with Gasteiger partial charge in [0, 0.05) is 56.8 Å². The van der Waals surface area contributed by atoms with Gasteiger partial charge in [-0.15, -0.1) is 0 Å². The summed E-state index contributed by atoms with van der Waals surface area (Å²) in [4.78, 5) is 33.3. The van der Waals surface area contributed by atoms with Crippen LogP contribution >= 0.6 is 0 Å². The number of hydrogen-bond acceptors (Lipinski definition) is 5.